The Labute approximate surface area is 134 Å². The van der Waals surface area contributed by atoms with Crippen molar-refractivity contribution in [2.24, 2.45) is 0 Å². The van der Waals surface area contributed by atoms with Crippen LogP contribution in [0.4, 0.5) is 4.79 Å². The van der Waals surface area contributed by atoms with E-state index in [0.29, 0.717) is 0 Å². The third-order valence-corrected chi connectivity index (χ3v) is 3.55. The number of H-pyrrole nitrogens is 1. The highest BCUT2D eigenvalue weighted by atomic mass is 16.6. The Hall–Kier alpha value is -2.50. The van der Waals surface area contributed by atoms with Crippen LogP contribution in [0.3, 0.4) is 0 Å². The molecule has 0 spiro atoms. The molecule has 3 N–H and O–H groups in total. The van der Waals surface area contributed by atoms with Gasteiger partial charge in [-0.05, 0) is 32.4 Å². The van der Waals surface area contributed by atoms with Crippen LogP contribution in [0.2, 0.25) is 0 Å². The van der Waals surface area contributed by atoms with Crippen LogP contribution in [0.15, 0.2) is 30.5 Å². The van der Waals surface area contributed by atoms with E-state index in [-0.39, 0.29) is 0 Å². The molecule has 6 nitrogen and oxygen atoms in total. The largest absolute Gasteiger partial charge is 0.480 e. The van der Waals surface area contributed by atoms with Gasteiger partial charge < -0.3 is 20.1 Å². The van der Waals surface area contributed by atoms with Crippen LogP contribution in [0, 0.1) is 0 Å². The van der Waals surface area contributed by atoms with E-state index in [1.54, 1.807) is 33.9 Å². The van der Waals surface area contributed by atoms with Gasteiger partial charge in [-0.15, -0.1) is 0 Å². The minimum atomic E-state index is -1.10. The summed E-state index contributed by atoms with van der Waals surface area (Å²) in [6, 6.07) is 6.56. The van der Waals surface area contributed by atoms with Crippen LogP contribution in [-0.4, -0.2) is 33.8 Å². The first-order valence-corrected chi connectivity index (χ1v) is 7.47. The van der Waals surface area contributed by atoms with Crippen molar-refractivity contribution < 1.29 is 19.4 Å². The minimum Gasteiger partial charge on any atom is -0.480 e. The zero-order valence-corrected chi connectivity index (χ0v) is 13.7. The molecule has 23 heavy (non-hydrogen) atoms. The van der Waals surface area contributed by atoms with Crippen molar-refractivity contribution in [3.8, 4) is 0 Å². The van der Waals surface area contributed by atoms with Crippen molar-refractivity contribution >= 4 is 23.0 Å². The van der Waals surface area contributed by atoms with Crippen LogP contribution < -0.4 is 5.32 Å². The van der Waals surface area contributed by atoms with Gasteiger partial charge in [0, 0.05) is 23.0 Å². The summed E-state index contributed by atoms with van der Waals surface area (Å²) < 4.78 is 5.15. The third-order valence-electron chi connectivity index (χ3n) is 3.55. The summed E-state index contributed by atoms with van der Waals surface area (Å²) in [5.74, 6) is -1.52. The minimum absolute atomic E-state index is 0.420. The number of para-hydroxylation sites is 1. The van der Waals surface area contributed by atoms with Crippen LogP contribution in [0.5, 0.6) is 0 Å². The summed E-state index contributed by atoms with van der Waals surface area (Å²) in [6.07, 6.45) is 1.04. The molecule has 0 bridgehead atoms. The van der Waals surface area contributed by atoms with Gasteiger partial charge in [0.25, 0.3) is 0 Å². The highest BCUT2D eigenvalue weighted by Gasteiger charge is 2.30. The average molecular weight is 318 g/mol. The fourth-order valence-electron chi connectivity index (χ4n) is 2.49. The summed E-state index contributed by atoms with van der Waals surface area (Å²) in [5, 5.41) is 12.9. The van der Waals surface area contributed by atoms with E-state index in [2.05, 4.69) is 10.3 Å². The Morgan fingerprint density at radius 2 is 1.91 bits per heavy atom. The van der Waals surface area contributed by atoms with Crippen molar-refractivity contribution in [1.29, 1.82) is 0 Å². The van der Waals surface area contributed by atoms with Crippen LogP contribution in [0.1, 0.15) is 39.2 Å². The summed E-state index contributed by atoms with van der Waals surface area (Å²) in [4.78, 5) is 26.6. The number of hydrogen-bond acceptors (Lipinski definition) is 3. The molecule has 0 fully saturated rings. The second kappa shape index (κ2) is 6.32. The molecular formula is C17H22N2O4. The molecular weight excluding hydrogens is 296 g/mol. The highest BCUT2D eigenvalue weighted by molar-refractivity contribution is 5.86. The SMILES string of the molecule is CC(c1c[nH]c2ccccc12)C(NC(=O)OC(C)(C)C)C(=O)O. The number of ether oxygens (including phenoxy) is 1. The van der Waals surface area contributed by atoms with Gasteiger partial charge in [0.15, 0.2) is 0 Å². The molecule has 0 saturated heterocycles. The monoisotopic (exact) mass is 318 g/mol. The molecule has 1 amide bonds. The number of amides is 1. The number of carbonyl (C=O) groups is 2. The molecule has 1 heterocycles. The van der Waals surface area contributed by atoms with Crippen molar-refractivity contribution in [2.75, 3.05) is 0 Å². The number of aliphatic carboxylic acids is 1. The topological polar surface area (TPSA) is 91.4 Å². The Bertz CT molecular complexity index is 715. The molecule has 1 aromatic carbocycles. The summed E-state index contributed by atoms with van der Waals surface area (Å²) in [7, 11) is 0. The van der Waals surface area contributed by atoms with E-state index in [0.717, 1.165) is 16.5 Å². The first-order chi connectivity index (χ1) is 10.7. The number of benzene rings is 1. The lowest BCUT2D eigenvalue weighted by Crippen LogP contribution is -2.46. The number of carboxylic acid groups (broad SMARTS) is 1. The number of rotatable bonds is 4. The van der Waals surface area contributed by atoms with E-state index in [9.17, 15) is 14.7 Å². The van der Waals surface area contributed by atoms with Crippen molar-refractivity contribution in [3.63, 3.8) is 0 Å². The number of fused-ring (bicyclic) bond motifs is 1. The molecule has 124 valence electrons. The molecule has 6 heteroatoms. The fourth-order valence-corrected chi connectivity index (χ4v) is 2.49. The molecule has 2 aromatic rings. The molecule has 2 rings (SSSR count). The molecule has 1 aromatic heterocycles. The zero-order chi connectivity index (χ0) is 17.2. The van der Waals surface area contributed by atoms with Crippen molar-refractivity contribution in [2.45, 2.75) is 45.3 Å². The zero-order valence-electron chi connectivity index (χ0n) is 13.7. The quantitative estimate of drug-likeness (QED) is 0.807. The molecule has 0 aliphatic rings. The van der Waals surface area contributed by atoms with E-state index in [1.165, 1.54) is 0 Å². The first-order valence-electron chi connectivity index (χ1n) is 7.47. The highest BCUT2D eigenvalue weighted by Crippen LogP contribution is 2.28. The predicted molar refractivity (Wildman–Crippen MR) is 87.5 cm³/mol. The Kier molecular flexibility index (Phi) is 4.63. The maximum Gasteiger partial charge on any atom is 0.408 e. The van der Waals surface area contributed by atoms with Crippen molar-refractivity contribution in [1.82, 2.24) is 10.3 Å². The molecule has 0 saturated carbocycles. The number of alkyl carbamates (subject to hydrolysis) is 1. The fraction of sp³-hybridized carbons (Fsp3) is 0.412. The lowest BCUT2D eigenvalue weighted by molar-refractivity contribution is -0.140. The van der Waals surface area contributed by atoms with Gasteiger partial charge in [-0.1, -0.05) is 25.1 Å². The second-order valence-electron chi connectivity index (χ2n) is 6.54. The molecule has 0 aliphatic carbocycles. The summed E-state index contributed by atoms with van der Waals surface area (Å²) in [5.41, 5.74) is 1.08. The van der Waals surface area contributed by atoms with E-state index >= 15 is 0 Å². The van der Waals surface area contributed by atoms with Crippen LogP contribution in [0.25, 0.3) is 10.9 Å². The number of nitrogens with one attached hydrogen (secondary N) is 2. The van der Waals surface area contributed by atoms with Gasteiger partial charge in [0.05, 0.1) is 0 Å². The first kappa shape index (κ1) is 16.9. The summed E-state index contributed by atoms with van der Waals surface area (Å²) in [6.45, 7) is 6.95. The Morgan fingerprint density at radius 3 is 2.52 bits per heavy atom. The van der Waals surface area contributed by atoms with E-state index in [4.69, 9.17) is 4.74 Å². The maximum absolute atomic E-state index is 11.9. The number of carboxylic acids is 1. The average Bonchev–Trinajstić information content (AvgIpc) is 2.85. The Balaban J connectivity index is 2.23. The predicted octanol–water partition coefficient (Wildman–Crippen LogP) is 3.25. The van der Waals surface area contributed by atoms with Crippen molar-refractivity contribution in [3.05, 3.63) is 36.0 Å². The molecule has 0 radical (unpaired) electrons. The Morgan fingerprint density at radius 1 is 1.26 bits per heavy atom. The van der Waals surface area contributed by atoms with E-state index < -0.39 is 29.6 Å². The van der Waals surface area contributed by atoms with E-state index in [1.807, 2.05) is 24.3 Å². The van der Waals surface area contributed by atoms with Gasteiger partial charge in [0.2, 0.25) is 0 Å². The van der Waals surface area contributed by atoms with Gasteiger partial charge in [-0.2, -0.15) is 0 Å². The molecule has 2 atom stereocenters. The lowest BCUT2D eigenvalue weighted by Gasteiger charge is -2.24. The third kappa shape index (κ3) is 4.03. The number of hydrogen-bond donors (Lipinski definition) is 3. The standard InChI is InChI=1S/C17H22N2O4/c1-10(12-9-18-13-8-6-5-7-11(12)13)14(15(20)21)19-16(22)23-17(2,3)4/h5-10,14,18H,1-4H3,(H,19,22)(H,20,21). The van der Waals surface area contributed by atoms with Gasteiger partial charge in [0.1, 0.15) is 11.6 Å². The second-order valence-corrected chi connectivity index (χ2v) is 6.54. The van der Waals surface area contributed by atoms with Gasteiger partial charge in [-0.25, -0.2) is 9.59 Å². The lowest BCUT2D eigenvalue weighted by atomic mass is 9.93. The number of carbonyl (C=O) groups excluding carboxylic acids is 1. The molecule has 2 unspecified atom stereocenters. The van der Waals surface area contributed by atoms with Gasteiger partial charge in [-0.3, -0.25) is 0 Å². The summed E-state index contributed by atoms with van der Waals surface area (Å²) >= 11 is 0. The van der Waals surface area contributed by atoms with Gasteiger partial charge >= 0.3 is 12.1 Å². The number of aromatic nitrogens is 1. The smallest absolute Gasteiger partial charge is 0.408 e. The molecule has 0 aliphatic heterocycles. The number of aromatic amines is 1. The van der Waals surface area contributed by atoms with Crippen LogP contribution in [-0.2, 0) is 9.53 Å². The normalized spacial score (nSPS) is 14.3. The van der Waals surface area contributed by atoms with Crippen LogP contribution >= 0.6 is 0 Å². The maximum atomic E-state index is 11.9.